The van der Waals surface area contributed by atoms with Crippen molar-refractivity contribution < 1.29 is 58.0 Å². The Hall–Kier alpha value is -5.80. The van der Waals surface area contributed by atoms with Gasteiger partial charge in [-0.2, -0.15) is 0 Å². The zero-order valence-corrected chi connectivity index (χ0v) is 32.0. The van der Waals surface area contributed by atoms with Crippen molar-refractivity contribution in [2.24, 2.45) is 0 Å². The minimum atomic E-state index is -1.38. The molecule has 4 amide bonds. The number of unbranched alkanes of at least 4 members (excludes halogenated alkanes) is 7. The number of carboxylic acid groups (broad SMARTS) is 2. The van der Waals surface area contributed by atoms with Crippen molar-refractivity contribution in [1.29, 1.82) is 0 Å². The number of esters is 2. The maximum atomic E-state index is 13.0. The maximum Gasteiger partial charge on any atom is 0.328 e. The molecule has 16 nitrogen and oxygen atoms in total. The fraction of sp³-hybridized carbons (Fsp3) is 0.500. The van der Waals surface area contributed by atoms with Gasteiger partial charge in [0.05, 0.1) is 27.1 Å². The van der Waals surface area contributed by atoms with Crippen LogP contribution in [0.1, 0.15) is 88.2 Å². The lowest BCUT2D eigenvalue weighted by Crippen LogP contribution is -2.53. The summed E-state index contributed by atoms with van der Waals surface area (Å²) in [6.07, 6.45) is 4.97. The number of hydrogen-bond donors (Lipinski definition) is 6. The molecule has 0 aliphatic carbocycles. The predicted molar refractivity (Wildman–Crippen MR) is 203 cm³/mol. The second kappa shape index (κ2) is 26.1. The van der Waals surface area contributed by atoms with Crippen LogP contribution in [-0.2, 0) is 60.7 Å². The van der Waals surface area contributed by atoms with Gasteiger partial charge in [-0.1, -0.05) is 99.2 Å². The molecule has 56 heavy (non-hydrogen) atoms. The molecular weight excluding hydrogens is 728 g/mol. The molecule has 0 heterocycles. The van der Waals surface area contributed by atoms with Crippen molar-refractivity contribution in [2.75, 3.05) is 14.2 Å². The van der Waals surface area contributed by atoms with E-state index in [4.69, 9.17) is 9.47 Å². The first-order valence-corrected chi connectivity index (χ1v) is 18.7. The molecule has 0 fully saturated rings. The van der Waals surface area contributed by atoms with E-state index in [1.807, 2.05) is 0 Å². The van der Waals surface area contributed by atoms with Gasteiger partial charge >= 0.3 is 23.9 Å². The van der Waals surface area contributed by atoms with Gasteiger partial charge in [-0.15, -0.1) is 0 Å². The largest absolute Gasteiger partial charge is 0.481 e. The molecule has 0 aliphatic heterocycles. The minimum absolute atomic E-state index is 0.0836. The molecule has 0 aliphatic rings. The average Bonchev–Trinajstić information content (AvgIpc) is 3.17. The highest BCUT2D eigenvalue weighted by molar-refractivity contribution is 5.94. The summed E-state index contributed by atoms with van der Waals surface area (Å²) in [5, 5.41) is 28.6. The van der Waals surface area contributed by atoms with E-state index in [0.29, 0.717) is 12.8 Å². The lowest BCUT2D eigenvalue weighted by molar-refractivity contribution is -0.146. The number of carboxylic acids is 2. The topological polar surface area (TPSA) is 244 Å². The van der Waals surface area contributed by atoms with Crippen LogP contribution >= 0.6 is 0 Å². The van der Waals surface area contributed by atoms with Crippen molar-refractivity contribution in [3.8, 4) is 0 Å². The summed E-state index contributed by atoms with van der Waals surface area (Å²) in [4.78, 5) is 98.6. The van der Waals surface area contributed by atoms with E-state index >= 15 is 0 Å². The number of aliphatic carboxylic acids is 2. The van der Waals surface area contributed by atoms with Gasteiger partial charge in [0.1, 0.15) is 24.2 Å². The van der Waals surface area contributed by atoms with Crippen LogP contribution in [0.3, 0.4) is 0 Å². The molecule has 0 bridgehead atoms. The molecule has 0 radical (unpaired) electrons. The van der Waals surface area contributed by atoms with Crippen LogP contribution in [0.2, 0.25) is 0 Å². The smallest absolute Gasteiger partial charge is 0.328 e. The number of carbonyl (C=O) groups excluding carboxylic acids is 6. The van der Waals surface area contributed by atoms with Gasteiger partial charge in [0.25, 0.3) is 0 Å². The molecule has 2 aromatic carbocycles. The first kappa shape index (κ1) is 46.4. The fourth-order valence-electron chi connectivity index (χ4n) is 5.85. The quantitative estimate of drug-likeness (QED) is 0.0566. The van der Waals surface area contributed by atoms with E-state index in [9.17, 15) is 48.6 Å². The molecule has 0 saturated heterocycles. The van der Waals surface area contributed by atoms with Crippen LogP contribution in [-0.4, -0.2) is 96.1 Å². The third-order valence-corrected chi connectivity index (χ3v) is 8.79. The molecule has 4 unspecified atom stereocenters. The molecule has 0 spiro atoms. The zero-order valence-electron chi connectivity index (χ0n) is 32.0. The number of rotatable bonds is 27. The number of hydrogen-bond acceptors (Lipinski definition) is 10. The summed E-state index contributed by atoms with van der Waals surface area (Å²) in [7, 11) is 2.36. The van der Waals surface area contributed by atoms with E-state index in [0.717, 1.165) is 49.7 Å². The molecule has 0 saturated carbocycles. The first-order valence-electron chi connectivity index (χ1n) is 18.7. The van der Waals surface area contributed by atoms with Crippen LogP contribution in [0, 0.1) is 0 Å². The standard InChI is InChI=1S/C40H54N4O12/c1-55-39(53)31(23-27-17-11-9-12-18-27)43-37(51)29(25-35(47)48)41-33(45)21-15-7-5-3-4-6-8-16-22-34(46)42-30(26-36(49)50)38(52)44-32(40(54)56-2)24-28-19-13-10-14-20-28/h9-14,17-20,29-32H,3-8,15-16,21-26H2,1-2H3,(H,41,45)(H,42,46)(H,43,51)(H,44,52)(H,47,48)(H,49,50). The van der Waals surface area contributed by atoms with Gasteiger partial charge < -0.3 is 41.0 Å². The highest BCUT2D eigenvalue weighted by Gasteiger charge is 2.30. The summed E-state index contributed by atoms with van der Waals surface area (Å²) in [6.45, 7) is 0. The second-order valence-corrected chi connectivity index (χ2v) is 13.3. The highest BCUT2D eigenvalue weighted by Crippen LogP contribution is 2.12. The Labute approximate surface area is 326 Å². The van der Waals surface area contributed by atoms with Crippen molar-refractivity contribution in [3.05, 3.63) is 71.8 Å². The van der Waals surface area contributed by atoms with Crippen LogP contribution in [0.15, 0.2) is 60.7 Å². The Bertz CT molecular complexity index is 1470. The number of ether oxygens (including phenoxy) is 2. The van der Waals surface area contributed by atoms with Gasteiger partial charge in [-0.05, 0) is 24.0 Å². The monoisotopic (exact) mass is 782 g/mol. The van der Waals surface area contributed by atoms with E-state index in [2.05, 4.69) is 21.3 Å². The van der Waals surface area contributed by atoms with Crippen LogP contribution in [0.4, 0.5) is 0 Å². The first-order chi connectivity index (χ1) is 26.8. The molecular formula is C40H54N4O12. The van der Waals surface area contributed by atoms with E-state index < -0.39 is 84.5 Å². The number of amides is 4. The Morgan fingerprint density at radius 2 is 0.804 bits per heavy atom. The Kier molecular flexibility index (Phi) is 21.6. The normalized spacial score (nSPS) is 12.8. The summed E-state index contributed by atoms with van der Waals surface area (Å²) in [5.74, 6) is -6.58. The van der Waals surface area contributed by atoms with E-state index in [1.165, 1.54) is 14.2 Å². The number of nitrogens with one attached hydrogen (secondary N) is 4. The summed E-state index contributed by atoms with van der Waals surface area (Å²) in [5.41, 5.74) is 1.51. The molecule has 16 heteroatoms. The summed E-state index contributed by atoms with van der Waals surface area (Å²) < 4.78 is 9.60. The molecule has 4 atom stereocenters. The number of carbonyl (C=O) groups is 8. The van der Waals surface area contributed by atoms with Gasteiger partial charge in [0.15, 0.2) is 0 Å². The van der Waals surface area contributed by atoms with Gasteiger partial charge in [0.2, 0.25) is 23.6 Å². The van der Waals surface area contributed by atoms with E-state index in [1.54, 1.807) is 60.7 Å². The van der Waals surface area contributed by atoms with Crippen LogP contribution < -0.4 is 21.3 Å². The van der Waals surface area contributed by atoms with Crippen LogP contribution in [0.25, 0.3) is 0 Å². The molecule has 0 aromatic heterocycles. The molecule has 6 N–H and O–H groups in total. The fourth-order valence-corrected chi connectivity index (χ4v) is 5.85. The molecule has 2 aromatic rings. The summed E-state index contributed by atoms with van der Waals surface area (Å²) in [6, 6.07) is 12.9. The third-order valence-electron chi connectivity index (χ3n) is 8.79. The average molecular weight is 783 g/mol. The third kappa shape index (κ3) is 19.0. The van der Waals surface area contributed by atoms with Gasteiger partial charge in [-0.3, -0.25) is 28.8 Å². The number of methoxy groups -OCH3 is 2. The zero-order chi connectivity index (χ0) is 41.3. The lowest BCUT2D eigenvalue weighted by Gasteiger charge is -2.21. The predicted octanol–water partition coefficient (Wildman–Crippen LogP) is 2.61. The van der Waals surface area contributed by atoms with Crippen molar-refractivity contribution >= 4 is 47.5 Å². The minimum Gasteiger partial charge on any atom is -0.481 e. The maximum absolute atomic E-state index is 13.0. The Morgan fingerprint density at radius 1 is 0.482 bits per heavy atom. The Balaban J connectivity index is 1.69. The SMILES string of the molecule is COC(=O)C(Cc1ccccc1)NC(=O)C(CC(=O)O)NC(=O)CCCCCCCCCCC(=O)NC(CC(=O)O)C(=O)NC(Cc1ccccc1)C(=O)OC. The molecule has 2 rings (SSSR count). The van der Waals surface area contributed by atoms with Gasteiger partial charge in [0, 0.05) is 25.7 Å². The van der Waals surface area contributed by atoms with Crippen molar-refractivity contribution in [1.82, 2.24) is 21.3 Å². The summed E-state index contributed by atoms with van der Waals surface area (Å²) >= 11 is 0. The number of benzene rings is 2. The second-order valence-electron chi connectivity index (χ2n) is 13.3. The molecule has 306 valence electrons. The Morgan fingerprint density at radius 3 is 1.11 bits per heavy atom. The van der Waals surface area contributed by atoms with Crippen LogP contribution in [0.5, 0.6) is 0 Å². The highest BCUT2D eigenvalue weighted by atomic mass is 16.5. The van der Waals surface area contributed by atoms with Gasteiger partial charge in [-0.25, -0.2) is 9.59 Å². The van der Waals surface area contributed by atoms with E-state index in [-0.39, 0.29) is 25.7 Å². The van der Waals surface area contributed by atoms with Crippen molar-refractivity contribution in [3.63, 3.8) is 0 Å². The lowest BCUT2D eigenvalue weighted by atomic mass is 10.0. The van der Waals surface area contributed by atoms with Crippen molar-refractivity contribution in [2.45, 2.75) is 114 Å².